The molecular formula is C14H23F3N4. The van der Waals surface area contributed by atoms with E-state index in [0.29, 0.717) is 30.7 Å². The van der Waals surface area contributed by atoms with Crippen molar-refractivity contribution in [1.29, 1.82) is 0 Å². The Kier molecular flexibility index (Phi) is 5.80. The summed E-state index contributed by atoms with van der Waals surface area (Å²) in [4.78, 5) is 9.08. The van der Waals surface area contributed by atoms with Gasteiger partial charge >= 0.3 is 6.18 Å². The molecule has 21 heavy (non-hydrogen) atoms. The van der Waals surface area contributed by atoms with Gasteiger partial charge in [-0.25, -0.2) is 9.97 Å². The van der Waals surface area contributed by atoms with E-state index in [9.17, 15) is 13.2 Å². The molecule has 0 spiro atoms. The van der Waals surface area contributed by atoms with Gasteiger partial charge in [-0.2, -0.15) is 13.2 Å². The molecule has 1 rings (SSSR count). The Hall–Kier alpha value is -1.53. The summed E-state index contributed by atoms with van der Waals surface area (Å²) in [5.41, 5.74) is 0. The van der Waals surface area contributed by atoms with E-state index in [-0.39, 0.29) is 5.82 Å². The van der Waals surface area contributed by atoms with Crippen molar-refractivity contribution in [3.8, 4) is 0 Å². The smallest absolute Gasteiger partial charge is 0.373 e. The molecule has 0 radical (unpaired) electrons. The average Bonchev–Trinajstić information content (AvgIpc) is 2.35. The first-order valence-corrected chi connectivity index (χ1v) is 7.02. The fourth-order valence-electron chi connectivity index (χ4n) is 1.99. The van der Waals surface area contributed by atoms with Crippen molar-refractivity contribution in [2.45, 2.75) is 33.9 Å². The van der Waals surface area contributed by atoms with Crippen molar-refractivity contribution in [1.82, 2.24) is 9.97 Å². The van der Waals surface area contributed by atoms with Crippen LogP contribution in [0.4, 0.5) is 24.8 Å². The largest absolute Gasteiger partial charge is 0.451 e. The molecule has 1 aromatic heterocycles. The Morgan fingerprint density at radius 3 is 2.00 bits per heavy atom. The van der Waals surface area contributed by atoms with Crippen molar-refractivity contribution >= 4 is 11.6 Å². The summed E-state index contributed by atoms with van der Waals surface area (Å²) >= 11 is 0. The highest BCUT2D eigenvalue weighted by atomic mass is 19.4. The number of alkyl halides is 3. The third-order valence-electron chi connectivity index (χ3n) is 2.72. The van der Waals surface area contributed by atoms with Crippen LogP contribution in [0.15, 0.2) is 6.07 Å². The van der Waals surface area contributed by atoms with Gasteiger partial charge in [0.05, 0.1) is 0 Å². The monoisotopic (exact) mass is 304 g/mol. The topological polar surface area (TPSA) is 41.0 Å². The number of hydrogen-bond acceptors (Lipinski definition) is 4. The second-order valence-corrected chi connectivity index (χ2v) is 5.88. The first-order chi connectivity index (χ1) is 9.63. The van der Waals surface area contributed by atoms with E-state index >= 15 is 0 Å². The van der Waals surface area contributed by atoms with Gasteiger partial charge in [0.2, 0.25) is 5.82 Å². The lowest BCUT2D eigenvalue weighted by molar-refractivity contribution is -0.144. The maximum atomic E-state index is 12.9. The molecule has 1 N–H and O–H groups in total. The van der Waals surface area contributed by atoms with Crippen LogP contribution in [-0.4, -0.2) is 30.1 Å². The average molecular weight is 304 g/mol. The van der Waals surface area contributed by atoms with Gasteiger partial charge in [-0.3, -0.25) is 0 Å². The molecule has 0 saturated carbocycles. The number of halogens is 3. The quantitative estimate of drug-likeness (QED) is 0.871. The highest BCUT2D eigenvalue weighted by Crippen LogP contribution is 2.29. The summed E-state index contributed by atoms with van der Waals surface area (Å²) in [5.74, 6) is 0.0213. The summed E-state index contributed by atoms with van der Waals surface area (Å²) in [7, 11) is 1.54. The van der Waals surface area contributed by atoms with E-state index in [4.69, 9.17) is 0 Å². The Morgan fingerprint density at radius 2 is 1.62 bits per heavy atom. The molecule has 0 aliphatic heterocycles. The normalized spacial score (nSPS) is 12.1. The van der Waals surface area contributed by atoms with Crippen molar-refractivity contribution in [3.05, 3.63) is 11.9 Å². The van der Waals surface area contributed by atoms with Crippen LogP contribution in [0.2, 0.25) is 0 Å². The molecule has 120 valence electrons. The molecule has 1 aromatic rings. The molecule has 0 aliphatic rings. The molecule has 4 nitrogen and oxygen atoms in total. The maximum absolute atomic E-state index is 12.9. The lowest BCUT2D eigenvalue weighted by Crippen LogP contribution is -2.32. The van der Waals surface area contributed by atoms with Crippen molar-refractivity contribution in [3.63, 3.8) is 0 Å². The number of rotatable bonds is 6. The number of nitrogens with one attached hydrogen (secondary N) is 1. The summed E-state index contributed by atoms with van der Waals surface area (Å²) in [5, 5.41) is 2.66. The third kappa shape index (κ3) is 5.40. The van der Waals surface area contributed by atoms with E-state index < -0.39 is 12.0 Å². The Labute approximate surface area is 123 Å². The minimum atomic E-state index is -4.55. The first-order valence-electron chi connectivity index (χ1n) is 7.02. The summed E-state index contributed by atoms with van der Waals surface area (Å²) in [6.07, 6.45) is -4.55. The molecule has 0 fully saturated rings. The second-order valence-electron chi connectivity index (χ2n) is 5.88. The summed E-state index contributed by atoms with van der Waals surface area (Å²) < 4.78 is 38.7. The van der Waals surface area contributed by atoms with Crippen LogP contribution in [0.1, 0.15) is 33.5 Å². The molecule has 1 heterocycles. The molecule has 0 amide bonds. The van der Waals surface area contributed by atoms with Gasteiger partial charge in [-0.1, -0.05) is 27.7 Å². The zero-order valence-electron chi connectivity index (χ0n) is 13.1. The van der Waals surface area contributed by atoms with Gasteiger partial charge < -0.3 is 10.2 Å². The number of aromatic nitrogens is 2. The van der Waals surface area contributed by atoms with E-state index in [2.05, 4.69) is 15.3 Å². The molecule has 7 heteroatoms. The highest BCUT2D eigenvalue weighted by molar-refractivity contribution is 5.49. The van der Waals surface area contributed by atoms with Gasteiger partial charge in [0, 0.05) is 26.2 Å². The Bertz CT molecular complexity index is 448. The second kappa shape index (κ2) is 6.95. The van der Waals surface area contributed by atoms with Gasteiger partial charge in [0.25, 0.3) is 0 Å². The number of nitrogens with zero attached hydrogens (tertiary/aromatic N) is 3. The standard InChI is InChI=1S/C14H23F3N4/c1-9(2)7-21(8-10(3)4)12-6-11(18-5)19-13(20-12)14(15,16)17/h6,9-10H,7-8H2,1-5H3,(H,18,19,20). The van der Waals surface area contributed by atoms with Gasteiger partial charge in [-0.05, 0) is 11.8 Å². The highest BCUT2D eigenvalue weighted by Gasteiger charge is 2.36. The predicted octanol–water partition coefficient (Wildman–Crippen LogP) is 3.66. The fourth-order valence-corrected chi connectivity index (χ4v) is 1.99. The lowest BCUT2D eigenvalue weighted by Gasteiger charge is -2.28. The summed E-state index contributed by atoms with van der Waals surface area (Å²) in [6, 6.07) is 1.56. The third-order valence-corrected chi connectivity index (χ3v) is 2.72. The van der Waals surface area contributed by atoms with Gasteiger partial charge in [0.15, 0.2) is 0 Å². The Balaban J connectivity index is 3.22. The minimum absolute atomic E-state index is 0.171. The van der Waals surface area contributed by atoms with Crippen LogP contribution in [0, 0.1) is 11.8 Å². The maximum Gasteiger partial charge on any atom is 0.451 e. The summed E-state index contributed by atoms with van der Waals surface area (Å²) in [6.45, 7) is 9.40. The molecule has 0 aromatic carbocycles. The number of anilines is 2. The molecule has 0 aliphatic carbocycles. The SMILES string of the molecule is CNc1cc(N(CC(C)C)CC(C)C)nc(C(F)(F)F)n1. The zero-order chi connectivity index (χ0) is 16.2. The lowest BCUT2D eigenvalue weighted by atomic mass is 10.1. The van der Waals surface area contributed by atoms with Gasteiger partial charge in [-0.15, -0.1) is 0 Å². The Morgan fingerprint density at radius 1 is 1.10 bits per heavy atom. The van der Waals surface area contributed by atoms with Gasteiger partial charge in [0.1, 0.15) is 11.6 Å². The molecule has 0 saturated heterocycles. The van der Waals surface area contributed by atoms with Crippen molar-refractivity contribution < 1.29 is 13.2 Å². The van der Waals surface area contributed by atoms with Crippen LogP contribution < -0.4 is 10.2 Å². The van der Waals surface area contributed by atoms with Crippen LogP contribution in [-0.2, 0) is 6.18 Å². The zero-order valence-corrected chi connectivity index (χ0v) is 13.1. The van der Waals surface area contributed by atoms with Crippen LogP contribution >= 0.6 is 0 Å². The van der Waals surface area contributed by atoms with Crippen LogP contribution in [0.5, 0.6) is 0 Å². The van der Waals surface area contributed by atoms with E-state index in [1.165, 1.54) is 0 Å². The van der Waals surface area contributed by atoms with E-state index in [0.717, 1.165) is 0 Å². The fraction of sp³-hybridized carbons (Fsp3) is 0.714. The van der Waals surface area contributed by atoms with Crippen LogP contribution in [0.25, 0.3) is 0 Å². The van der Waals surface area contributed by atoms with E-state index in [1.54, 1.807) is 13.1 Å². The van der Waals surface area contributed by atoms with Crippen molar-refractivity contribution in [2.24, 2.45) is 11.8 Å². The van der Waals surface area contributed by atoms with Crippen molar-refractivity contribution in [2.75, 3.05) is 30.4 Å². The van der Waals surface area contributed by atoms with Crippen LogP contribution in [0.3, 0.4) is 0 Å². The molecule has 0 unspecified atom stereocenters. The number of hydrogen-bond donors (Lipinski definition) is 1. The first kappa shape index (κ1) is 17.5. The molecular weight excluding hydrogens is 281 g/mol. The van der Waals surface area contributed by atoms with E-state index in [1.807, 2.05) is 32.6 Å². The molecule has 0 atom stereocenters. The predicted molar refractivity (Wildman–Crippen MR) is 78.5 cm³/mol. The minimum Gasteiger partial charge on any atom is -0.373 e. The molecule has 0 bridgehead atoms.